The third kappa shape index (κ3) is 5.17. The van der Waals surface area contributed by atoms with Crippen LogP contribution in [-0.2, 0) is 19.1 Å². The lowest BCUT2D eigenvalue weighted by Crippen LogP contribution is -2.40. The summed E-state index contributed by atoms with van der Waals surface area (Å²) in [5, 5.41) is 0. The number of methoxy groups -OCH3 is 2. The highest BCUT2D eigenvalue weighted by Crippen LogP contribution is 2.18. The fourth-order valence-electron chi connectivity index (χ4n) is 1.82. The van der Waals surface area contributed by atoms with Crippen LogP contribution in [0.3, 0.4) is 0 Å². The third-order valence-electron chi connectivity index (χ3n) is 2.59. The standard InChI is InChI=1S/C12H23NO4/c1-9(10(14)16-5)7-13(4)8-12(2,3)11(15)17-6/h9H,7-8H2,1-6H3. The Kier molecular flexibility index (Phi) is 6.16. The first-order valence-electron chi connectivity index (χ1n) is 5.59. The van der Waals surface area contributed by atoms with Gasteiger partial charge in [0.15, 0.2) is 0 Å². The number of esters is 2. The van der Waals surface area contributed by atoms with Crippen molar-refractivity contribution in [2.45, 2.75) is 20.8 Å². The first-order chi connectivity index (χ1) is 7.74. The predicted molar refractivity (Wildman–Crippen MR) is 64.5 cm³/mol. The van der Waals surface area contributed by atoms with Crippen molar-refractivity contribution in [1.82, 2.24) is 4.90 Å². The van der Waals surface area contributed by atoms with Crippen LogP contribution >= 0.6 is 0 Å². The van der Waals surface area contributed by atoms with E-state index in [0.717, 1.165) is 0 Å². The van der Waals surface area contributed by atoms with Gasteiger partial charge in [0, 0.05) is 13.1 Å². The molecule has 0 aliphatic carbocycles. The first kappa shape index (κ1) is 15.9. The van der Waals surface area contributed by atoms with Crippen LogP contribution in [0.4, 0.5) is 0 Å². The molecule has 0 fully saturated rings. The number of carbonyl (C=O) groups is 2. The average molecular weight is 245 g/mol. The highest BCUT2D eigenvalue weighted by atomic mass is 16.5. The summed E-state index contributed by atoms with van der Waals surface area (Å²) in [7, 11) is 4.61. The van der Waals surface area contributed by atoms with Gasteiger partial charge < -0.3 is 14.4 Å². The van der Waals surface area contributed by atoms with Crippen molar-refractivity contribution in [2.24, 2.45) is 11.3 Å². The Bertz CT molecular complexity index is 276. The molecule has 0 aromatic heterocycles. The monoisotopic (exact) mass is 245 g/mol. The Labute approximate surface area is 103 Å². The summed E-state index contributed by atoms with van der Waals surface area (Å²) >= 11 is 0. The minimum absolute atomic E-state index is 0.210. The molecule has 0 radical (unpaired) electrons. The molecule has 5 heteroatoms. The maximum Gasteiger partial charge on any atom is 0.312 e. The van der Waals surface area contributed by atoms with Crippen LogP contribution in [0.5, 0.6) is 0 Å². The van der Waals surface area contributed by atoms with Gasteiger partial charge in [-0.15, -0.1) is 0 Å². The Morgan fingerprint density at radius 2 is 1.76 bits per heavy atom. The average Bonchev–Trinajstić information content (AvgIpc) is 2.25. The first-order valence-corrected chi connectivity index (χ1v) is 5.59. The van der Waals surface area contributed by atoms with Crippen molar-refractivity contribution in [2.75, 3.05) is 34.4 Å². The molecule has 0 heterocycles. The maximum absolute atomic E-state index is 11.5. The molecule has 0 saturated carbocycles. The van der Waals surface area contributed by atoms with Gasteiger partial charge in [-0.2, -0.15) is 0 Å². The van der Waals surface area contributed by atoms with E-state index >= 15 is 0 Å². The predicted octanol–water partition coefficient (Wildman–Crippen LogP) is 0.926. The molecule has 0 saturated heterocycles. The highest BCUT2D eigenvalue weighted by Gasteiger charge is 2.30. The summed E-state index contributed by atoms with van der Waals surface area (Å²) in [5.41, 5.74) is -0.584. The van der Waals surface area contributed by atoms with Crippen LogP contribution in [-0.4, -0.2) is 51.2 Å². The largest absolute Gasteiger partial charge is 0.469 e. The third-order valence-corrected chi connectivity index (χ3v) is 2.59. The summed E-state index contributed by atoms with van der Waals surface area (Å²) in [6.07, 6.45) is 0. The van der Waals surface area contributed by atoms with Gasteiger partial charge in [0.1, 0.15) is 0 Å². The fraction of sp³-hybridized carbons (Fsp3) is 0.833. The molecule has 5 nitrogen and oxygen atoms in total. The molecule has 0 bridgehead atoms. The minimum Gasteiger partial charge on any atom is -0.469 e. The van der Waals surface area contributed by atoms with Crippen LogP contribution in [0.25, 0.3) is 0 Å². The lowest BCUT2D eigenvalue weighted by Gasteiger charge is -2.28. The van der Waals surface area contributed by atoms with E-state index in [9.17, 15) is 9.59 Å². The van der Waals surface area contributed by atoms with Gasteiger partial charge in [0.2, 0.25) is 0 Å². The molecule has 0 N–H and O–H groups in total. The van der Waals surface area contributed by atoms with Gasteiger partial charge in [0.25, 0.3) is 0 Å². The molecule has 0 spiro atoms. The zero-order chi connectivity index (χ0) is 13.6. The maximum atomic E-state index is 11.5. The van der Waals surface area contributed by atoms with Crippen LogP contribution in [0.2, 0.25) is 0 Å². The lowest BCUT2D eigenvalue weighted by molar-refractivity contribution is -0.151. The van der Waals surface area contributed by atoms with E-state index in [4.69, 9.17) is 4.74 Å². The number of hydrogen-bond donors (Lipinski definition) is 0. The molecule has 0 rings (SSSR count). The van der Waals surface area contributed by atoms with Gasteiger partial charge in [-0.3, -0.25) is 9.59 Å². The van der Waals surface area contributed by atoms with Gasteiger partial charge in [-0.25, -0.2) is 0 Å². The van der Waals surface area contributed by atoms with E-state index in [1.807, 2.05) is 25.8 Å². The van der Waals surface area contributed by atoms with Crippen molar-refractivity contribution in [1.29, 1.82) is 0 Å². The van der Waals surface area contributed by atoms with Crippen LogP contribution in [0.15, 0.2) is 0 Å². The van der Waals surface area contributed by atoms with E-state index < -0.39 is 5.41 Å². The molecule has 0 aromatic rings. The van der Waals surface area contributed by atoms with Crippen molar-refractivity contribution < 1.29 is 19.1 Å². The number of rotatable bonds is 6. The molecule has 17 heavy (non-hydrogen) atoms. The van der Waals surface area contributed by atoms with Gasteiger partial charge in [-0.1, -0.05) is 6.92 Å². The second kappa shape index (κ2) is 6.59. The number of nitrogens with zero attached hydrogens (tertiary/aromatic N) is 1. The highest BCUT2D eigenvalue weighted by molar-refractivity contribution is 5.76. The Balaban J connectivity index is 4.31. The van der Waals surface area contributed by atoms with Crippen LogP contribution < -0.4 is 0 Å². The van der Waals surface area contributed by atoms with E-state index in [1.54, 1.807) is 6.92 Å². The van der Waals surface area contributed by atoms with Crippen molar-refractivity contribution in [3.05, 3.63) is 0 Å². The van der Waals surface area contributed by atoms with Gasteiger partial charge in [-0.05, 0) is 20.9 Å². The summed E-state index contributed by atoms with van der Waals surface area (Å²) < 4.78 is 9.39. The minimum atomic E-state index is -0.584. The summed E-state index contributed by atoms with van der Waals surface area (Å²) in [5.74, 6) is -0.707. The molecule has 0 aliphatic rings. The Hall–Kier alpha value is -1.10. The number of ether oxygens (including phenoxy) is 2. The summed E-state index contributed by atoms with van der Waals surface area (Å²) in [6.45, 7) is 6.51. The zero-order valence-electron chi connectivity index (χ0n) is 11.6. The molecule has 0 aromatic carbocycles. The van der Waals surface area contributed by atoms with Crippen molar-refractivity contribution in [3.63, 3.8) is 0 Å². The molecule has 0 aliphatic heterocycles. The quantitative estimate of drug-likeness (QED) is 0.651. The molecule has 100 valence electrons. The van der Waals surface area contributed by atoms with E-state index in [2.05, 4.69) is 4.74 Å². The molecule has 1 unspecified atom stereocenters. The molecular formula is C12H23NO4. The Morgan fingerprint density at radius 3 is 2.18 bits per heavy atom. The van der Waals surface area contributed by atoms with Gasteiger partial charge in [0.05, 0.1) is 25.6 Å². The lowest BCUT2D eigenvalue weighted by atomic mass is 9.93. The zero-order valence-corrected chi connectivity index (χ0v) is 11.6. The number of hydrogen-bond acceptors (Lipinski definition) is 5. The van der Waals surface area contributed by atoms with Crippen molar-refractivity contribution >= 4 is 11.9 Å². The second-order valence-corrected chi connectivity index (χ2v) is 5.00. The summed E-state index contributed by atoms with van der Waals surface area (Å²) in [4.78, 5) is 24.7. The van der Waals surface area contributed by atoms with Crippen LogP contribution in [0.1, 0.15) is 20.8 Å². The van der Waals surface area contributed by atoms with E-state index in [1.165, 1.54) is 14.2 Å². The molecule has 1 atom stereocenters. The van der Waals surface area contributed by atoms with E-state index in [0.29, 0.717) is 13.1 Å². The van der Waals surface area contributed by atoms with Crippen molar-refractivity contribution in [3.8, 4) is 0 Å². The summed E-state index contributed by atoms with van der Waals surface area (Å²) in [6, 6.07) is 0. The molecular weight excluding hydrogens is 222 g/mol. The normalized spacial score (nSPS) is 13.4. The Morgan fingerprint density at radius 1 is 1.24 bits per heavy atom. The second-order valence-electron chi connectivity index (χ2n) is 5.00. The fourth-order valence-corrected chi connectivity index (χ4v) is 1.82. The van der Waals surface area contributed by atoms with Gasteiger partial charge >= 0.3 is 11.9 Å². The smallest absolute Gasteiger partial charge is 0.312 e. The SMILES string of the molecule is COC(=O)C(C)CN(C)CC(C)(C)C(=O)OC. The van der Waals surface area contributed by atoms with Crippen LogP contribution in [0, 0.1) is 11.3 Å². The topological polar surface area (TPSA) is 55.8 Å². The van der Waals surface area contributed by atoms with E-state index in [-0.39, 0.29) is 17.9 Å². The molecule has 0 amide bonds. The number of carbonyl (C=O) groups excluding carboxylic acids is 2.